The van der Waals surface area contributed by atoms with E-state index in [1.54, 1.807) is 0 Å². The molecule has 0 spiro atoms. The van der Waals surface area contributed by atoms with E-state index < -0.39 is 0 Å². The highest BCUT2D eigenvalue weighted by atomic mass is 35.5. The minimum Gasteiger partial charge on any atom is -0.357 e. The number of pyridine rings is 1. The molecule has 0 saturated carbocycles. The summed E-state index contributed by atoms with van der Waals surface area (Å²) >= 11 is 0. The number of nitrogens with one attached hydrogen (secondary N) is 2. The van der Waals surface area contributed by atoms with Crippen molar-refractivity contribution >= 4 is 24.1 Å². The molecular weight excluding hydrogens is 312 g/mol. The zero-order valence-electron chi connectivity index (χ0n) is 13.8. The molecule has 0 aromatic carbocycles. The Morgan fingerprint density at radius 1 is 1.39 bits per heavy atom. The number of rotatable bonds is 4. The fourth-order valence-corrected chi connectivity index (χ4v) is 3.36. The maximum Gasteiger partial charge on any atom is 0.223 e. The summed E-state index contributed by atoms with van der Waals surface area (Å²) in [6.45, 7) is 5.87. The summed E-state index contributed by atoms with van der Waals surface area (Å²) in [5.74, 6) is 1.38. The van der Waals surface area contributed by atoms with Crippen LogP contribution < -0.4 is 15.5 Å². The van der Waals surface area contributed by atoms with Crippen molar-refractivity contribution in [2.45, 2.75) is 45.2 Å². The van der Waals surface area contributed by atoms with Gasteiger partial charge in [-0.2, -0.15) is 0 Å². The number of hydrogen-bond donors (Lipinski definition) is 2. The second-order valence-corrected chi connectivity index (χ2v) is 6.51. The largest absolute Gasteiger partial charge is 0.357 e. The van der Waals surface area contributed by atoms with Crippen molar-refractivity contribution in [3.63, 3.8) is 0 Å². The molecule has 0 radical (unpaired) electrons. The van der Waals surface area contributed by atoms with Gasteiger partial charge in [0.15, 0.2) is 0 Å². The Balaban J connectivity index is 0.00000192. The van der Waals surface area contributed by atoms with Crippen LogP contribution in [0.3, 0.4) is 0 Å². The van der Waals surface area contributed by atoms with Crippen molar-refractivity contribution in [2.24, 2.45) is 5.92 Å². The van der Waals surface area contributed by atoms with Gasteiger partial charge in [0, 0.05) is 37.8 Å². The van der Waals surface area contributed by atoms with Crippen LogP contribution >= 0.6 is 12.4 Å². The van der Waals surface area contributed by atoms with Crippen LogP contribution in [0.15, 0.2) is 18.3 Å². The zero-order valence-corrected chi connectivity index (χ0v) is 14.6. The van der Waals surface area contributed by atoms with E-state index in [2.05, 4.69) is 39.6 Å². The van der Waals surface area contributed by atoms with Gasteiger partial charge in [-0.05, 0) is 50.8 Å². The van der Waals surface area contributed by atoms with E-state index in [9.17, 15) is 4.79 Å². The SMILES string of the molecule is C[C@H]1C[C@@H](C(=O)NCc2ccc(N3CCCC3)nc2)CCN1.Cl. The molecule has 23 heavy (non-hydrogen) atoms. The number of piperidine rings is 1. The van der Waals surface area contributed by atoms with Gasteiger partial charge in [0.25, 0.3) is 0 Å². The summed E-state index contributed by atoms with van der Waals surface area (Å²) in [4.78, 5) is 19.1. The lowest BCUT2D eigenvalue weighted by Crippen LogP contribution is -2.42. The van der Waals surface area contributed by atoms with Crippen molar-refractivity contribution in [1.29, 1.82) is 0 Å². The van der Waals surface area contributed by atoms with Crippen LogP contribution in [0.1, 0.15) is 38.2 Å². The molecule has 2 aliphatic rings. The highest BCUT2D eigenvalue weighted by molar-refractivity contribution is 5.85. The Labute approximate surface area is 144 Å². The van der Waals surface area contributed by atoms with Crippen molar-refractivity contribution in [2.75, 3.05) is 24.5 Å². The first-order valence-electron chi connectivity index (χ1n) is 8.43. The van der Waals surface area contributed by atoms with Gasteiger partial charge in [-0.1, -0.05) is 6.07 Å². The number of carbonyl (C=O) groups is 1. The number of nitrogens with zero attached hydrogens (tertiary/aromatic N) is 2. The maximum absolute atomic E-state index is 12.2. The molecule has 2 saturated heterocycles. The molecule has 1 aromatic heterocycles. The molecule has 128 valence electrons. The average Bonchev–Trinajstić information content (AvgIpc) is 3.07. The molecule has 6 heteroatoms. The fourth-order valence-electron chi connectivity index (χ4n) is 3.36. The van der Waals surface area contributed by atoms with Crippen molar-refractivity contribution in [3.05, 3.63) is 23.9 Å². The minimum absolute atomic E-state index is 0. The van der Waals surface area contributed by atoms with E-state index >= 15 is 0 Å². The molecule has 1 amide bonds. The molecule has 0 aliphatic carbocycles. The average molecular weight is 339 g/mol. The quantitative estimate of drug-likeness (QED) is 0.882. The number of amides is 1. The van der Waals surface area contributed by atoms with Gasteiger partial charge >= 0.3 is 0 Å². The first kappa shape index (κ1) is 18.0. The van der Waals surface area contributed by atoms with Crippen LogP contribution in [-0.4, -0.2) is 36.6 Å². The first-order valence-corrected chi connectivity index (χ1v) is 8.43. The molecule has 1 aromatic rings. The van der Waals surface area contributed by atoms with Gasteiger partial charge in [0.05, 0.1) is 0 Å². The zero-order chi connectivity index (χ0) is 15.4. The normalized spacial score (nSPS) is 24.1. The predicted molar refractivity (Wildman–Crippen MR) is 95.0 cm³/mol. The van der Waals surface area contributed by atoms with E-state index in [1.807, 2.05) is 6.20 Å². The highest BCUT2D eigenvalue weighted by Gasteiger charge is 2.24. The Bertz CT molecular complexity index is 502. The van der Waals surface area contributed by atoms with Gasteiger partial charge in [0.2, 0.25) is 5.91 Å². The first-order chi connectivity index (χ1) is 10.7. The summed E-state index contributed by atoms with van der Waals surface area (Å²) in [6.07, 6.45) is 6.27. The van der Waals surface area contributed by atoms with Crippen LogP contribution in [0.2, 0.25) is 0 Å². The van der Waals surface area contributed by atoms with E-state index in [1.165, 1.54) is 12.8 Å². The predicted octanol–water partition coefficient (Wildman–Crippen LogP) is 2.11. The number of anilines is 1. The van der Waals surface area contributed by atoms with Gasteiger partial charge in [0.1, 0.15) is 5.82 Å². The Morgan fingerprint density at radius 2 is 2.17 bits per heavy atom. The number of halogens is 1. The molecule has 3 rings (SSSR count). The molecule has 0 unspecified atom stereocenters. The molecule has 2 atom stereocenters. The molecule has 5 nitrogen and oxygen atoms in total. The van der Waals surface area contributed by atoms with E-state index in [-0.39, 0.29) is 24.2 Å². The molecule has 2 fully saturated rings. The summed E-state index contributed by atoms with van der Waals surface area (Å²) in [5.41, 5.74) is 1.07. The summed E-state index contributed by atoms with van der Waals surface area (Å²) in [7, 11) is 0. The van der Waals surface area contributed by atoms with Gasteiger partial charge in [-0.3, -0.25) is 4.79 Å². The molecule has 0 bridgehead atoms. The van der Waals surface area contributed by atoms with Crippen LogP contribution in [0, 0.1) is 5.92 Å². The third-order valence-corrected chi connectivity index (χ3v) is 4.70. The minimum atomic E-state index is 0. The standard InChI is InChI=1S/C17H26N4O.ClH/c1-13-10-15(6-7-18-13)17(22)20-12-14-4-5-16(19-11-14)21-8-2-3-9-21;/h4-5,11,13,15,18H,2-3,6-10,12H2,1H3,(H,20,22);1H/t13-,15-;/m0./s1. The van der Waals surface area contributed by atoms with Crippen LogP contribution in [0.25, 0.3) is 0 Å². The Hall–Kier alpha value is -1.33. The lowest BCUT2D eigenvalue weighted by Gasteiger charge is -2.27. The molecule has 2 aliphatic heterocycles. The summed E-state index contributed by atoms with van der Waals surface area (Å²) in [5, 5.41) is 6.44. The van der Waals surface area contributed by atoms with E-state index in [0.717, 1.165) is 43.9 Å². The van der Waals surface area contributed by atoms with E-state index in [4.69, 9.17) is 0 Å². The van der Waals surface area contributed by atoms with Gasteiger partial charge in [-0.15, -0.1) is 12.4 Å². The van der Waals surface area contributed by atoms with Crippen molar-refractivity contribution in [1.82, 2.24) is 15.6 Å². The molecule has 2 N–H and O–H groups in total. The Morgan fingerprint density at radius 3 is 2.83 bits per heavy atom. The summed E-state index contributed by atoms with van der Waals surface area (Å²) < 4.78 is 0. The fraction of sp³-hybridized carbons (Fsp3) is 0.647. The Kier molecular flexibility index (Phi) is 6.66. The summed E-state index contributed by atoms with van der Waals surface area (Å²) in [6, 6.07) is 4.58. The third-order valence-electron chi connectivity index (χ3n) is 4.70. The van der Waals surface area contributed by atoms with Crippen molar-refractivity contribution in [3.8, 4) is 0 Å². The number of hydrogen-bond acceptors (Lipinski definition) is 4. The van der Waals surface area contributed by atoms with Gasteiger partial charge < -0.3 is 15.5 Å². The van der Waals surface area contributed by atoms with Gasteiger partial charge in [-0.25, -0.2) is 4.98 Å². The van der Waals surface area contributed by atoms with Crippen LogP contribution in [0.4, 0.5) is 5.82 Å². The highest BCUT2D eigenvalue weighted by Crippen LogP contribution is 2.18. The number of aromatic nitrogens is 1. The smallest absolute Gasteiger partial charge is 0.223 e. The second kappa shape index (κ2) is 8.50. The van der Waals surface area contributed by atoms with Crippen LogP contribution in [0.5, 0.6) is 0 Å². The maximum atomic E-state index is 12.2. The lowest BCUT2D eigenvalue weighted by atomic mass is 9.92. The molecular formula is C17H27ClN4O. The molecule has 3 heterocycles. The number of carbonyl (C=O) groups excluding carboxylic acids is 1. The van der Waals surface area contributed by atoms with Crippen molar-refractivity contribution < 1.29 is 4.79 Å². The van der Waals surface area contributed by atoms with E-state index in [0.29, 0.717) is 12.6 Å². The monoisotopic (exact) mass is 338 g/mol. The third kappa shape index (κ3) is 4.82. The van der Waals surface area contributed by atoms with Crippen LogP contribution in [-0.2, 0) is 11.3 Å². The lowest BCUT2D eigenvalue weighted by molar-refractivity contribution is -0.126. The topological polar surface area (TPSA) is 57.3 Å². The second-order valence-electron chi connectivity index (χ2n) is 6.51.